The van der Waals surface area contributed by atoms with Crippen LogP contribution in [0.4, 0.5) is 0 Å². The lowest BCUT2D eigenvalue weighted by Crippen LogP contribution is -2.11. The van der Waals surface area contributed by atoms with Crippen molar-refractivity contribution in [3.63, 3.8) is 0 Å². The largest absolute Gasteiger partial charge is 0.494 e. The highest BCUT2D eigenvalue weighted by atomic mass is 16.7. The van der Waals surface area contributed by atoms with Crippen LogP contribution in [0.3, 0.4) is 0 Å². The van der Waals surface area contributed by atoms with Gasteiger partial charge in [-0.05, 0) is 63.6 Å². The molecule has 0 aliphatic carbocycles. The van der Waals surface area contributed by atoms with Gasteiger partial charge in [-0.3, -0.25) is 0 Å². The number of benzene rings is 2. The van der Waals surface area contributed by atoms with Crippen LogP contribution >= 0.6 is 0 Å². The van der Waals surface area contributed by atoms with Gasteiger partial charge in [0, 0.05) is 16.9 Å². The van der Waals surface area contributed by atoms with Gasteiger partial charge < -0.3 is 18.9 Å². The predicted octanol–water partition coefficient (Wildman–Crippen LogP) is 5.16. The first kappa shape index (κ1) is 22.2. The summed E-state index contributed by atoms with van der Waals surface area (Å²) in [5, 5.41) is 4.14. The summed E-state index contributed by atoms with van der Waals surface area (Å²) in [5.74, 6) is 0.398. The highest BCUT2D eigenvalue weighted by molar-refractivity contribution is 6.01. The van der Waals surface area contributed by atoms with Crippen LogP contribution < -0.4 is 4.74 Å². The minimum Gasteiger partial charge on any atom is -0.494 e. The Labute approximate surface area is 183 Å². The first-order valence-corrected chi connectivity index (χ1v) is 10.4. The monoisotopic (exact) mass is 420 g/mol. The summed E-state index contributed by atoms with van der Waals surface area (Å²) in [5.41, 5.74) is 5.79. The highest BCUT2D eigenvalue weighted by Crippen LogP contribution is 2.30. The van der Waals surface area contributed by atoms with Crippen molar-refractivity contribution in [3.05, 3.63) is 71.9 Å². The molecule has 0 bridgehead atoms. The molecule has 31 heavy (non-hydrogen) atoms. The van der Waals surface area contributed by atoms with Crippen LogP contribution in [-0.2, 0) is 14.4 Å². The van der Waals surface area contributed by atoms with E-state index in [1.807, 2.05) is 63.2 Å². The van der Waals surface area contributed by atoms with E-state index in [4.69, 9.17) is 14.3 Å². The first-order valence-electron chi connectivity index (χ1n) is 10.4. The number of oxime groups is 1. The number of aromatic nitrogens is 1. The molecule has 0 atom stereocenters. The summed E-state index contributed by atoms with van der Waals surface area (Å²) in [6.07, 6.45) is 0. The molecule has 3 aromatic rings. The molecule has 0 radical (unpaired) electrons. The Balaban J connectivity index is 1.99. The Morgan fingerprint density at radius 3 is 2.35 bits per heavy atom. The number of hydrogen-bond acceptors (Lipinski definition) is 5. The van der Waals surface area contributed by atoms with Crippen molar-refractivity contribution in [1.29, 1.82) is 0 Å². The van der Waals surface area contributed by atoms with E-state index in [0.29, 0.717) is 18.9 Å². The average molecular weight is 421 g/mol. The van der Waals surface area contributed by atoms with Crippen molar-refractivity contribution >= 4 is 11.7 Å². The number of esters is 1. The van der Waals surface area contributed by atoms with Crippen LogP contribution in [0.15, 0.2) is 65.8 Å². The maximum atomic E-state index is 11.5. The predicted molar refractivity (Wildman–Crippen MR) is 122 cm³/mol. The lowest BCUT2D eigenvalue weighted by molar-refractivity contribution is -0.148. The van der Waals surface area contributed by atoms with Gasteiger partial charge in [0.2, 0.25) is 6.61 Å². The van der Waals surface area contributed by atoms with E-state index in [1.54, 1.807) is 6.92 Å². The van der Waals surface area contributed by atoms with Crippen molar-refractivity contribution in [3.8, 4) is 22.7 Å². The molecule has 0 spiro atoms. The fraction of sp³-hybridized carbons (Fsp3) is 0.280. The fourth-order valence-electron chi connectivity index (χ4n) is 3.42. The van der Waals surface area contributed by atoms with Crippen LogP contribution in [0.1, 0.15) is 32.0 Å². The lowest BCUT2D eigenvalue weighted by Gasteiger charge is -2.13. The molecule has 6 heteroatoms. The Bertz CT molecular complexity index is 1040. The van der Waals surface area contributed by atoms with Gasteiger partial charge in [0.1, 0.15) is 5.75 Å². The van der Waals surface area contributed by atoms with E-state index in [1.165, 1.54) is 0 Å². The van der Waals surface area contributed by atoms with E-state index in [9.17, 15) is 4.79 Å². The number of hydrogen-bond donors (Lipinski definition) is 0. The summed E-state index contributed by atoms with van der Waals surface area (Å²) in [7, 11) is 0. The molecule has 0 unspecified atom stereocenters. The molecular formula is C25H28N2O4. The van der Waals surface area contributed by atoms with Crippen molar-refractivity contribution in [2.24, 2.45) is 5.16 Å². The third kappa shape index (κ3) is 5.34. The molecule has 0 saturated heterocycles. The van der Waals surface area contributed by atoms with Crippen molar-refractivity contribution in [1.82, 2.24) is 4.57 Å². The number of nitrogens with zero attached hydrogens (tertiary/aromatic N) is 2. The van der Waals surface area contributed by atoms with E-state index in [2.05, 4.69) is 27.9 Å². The molecule has 2 aromatic carbocycles. The fourth-order valence-corrected chi connectivity index (χ4v) is 3.42. The number of ether oxygens (including phenoxy) is 2. The molecule has 1 aromatic heterocycles. The second-order valence-corrected chi connectivity index (χ2v) is 6.91. The third-order valence-electron chi connectivity index (χ3n) is 4.80. The van der Waals surface area contributed by atoms with E-state index in [0.717, 1.165) is 34.0 Å². The topological polar surface area (TPSA) is 62.0 Å². The van der Waals surface area contributed by atoms with Crippen LogP contribution in [0.5, 0.6) is 5.75 Å². The Hall–Kier alpha value is -3.54. The molecule has 0 N–H and O–H groups in total. The Kier molecular flexibility index (Phi) is 7.49. The second-order valence-electron chi connectivity index (χ2n) is 6.91. The van der Waals surface area contributed by atoms with E-state index < -0.39 is 5.97 Å². The molecule has 0 fully saturated rings. The van der Waals surface area contributed by atoms with Gasteiger partial charge in [0.15, 0.2) is 0 Å². The number of carbonyl (C=O) groups excluding carboxylic acids is 1. The second kappa shape index (κ2) is 10.5. The third-order valence-corrected chi connectivity index (χ3v) is 4.80. The molecule has 162 valence electrons. The van der Waals surface area contributed by atoms with Crippen LogP contribution in [0.2, 0.25) is 0 Å². The Morgan fingerprint density at radius 2 is 1.71 bits per heavy atom. The molecule has 6 nitrogen and oxygen atoms in total. The van der Waals surface area contributed by atoms with Crippen LogP contribution in [0.25, 0.3) is 16.9 Å². The van der Waals surface area contributed by atoms with Gasteiger partial charge >= 0.3 is 5.97 Å². The minimum atomic E-state index is -0.437. The highest BCUT2D eigenvalue weighted by Gasteiger charge is 2.17. The lowest BCUT2D eigenvalue weighted by atomic mass is 10.1. The molecule has 3 rings (SSSR count). The zero-order valence-electron chi connectivity index (χ0n) is 18.4. The molecule has 0 aliphatic rings. The smallest absolute Gasteiger partial charge is 0.347 e. The van der Waals surface area contributed by atoms with Gasteiger partial charge in [0.05, 0.1) is 24.6 Å². The maximum Gasteiger partial charge on any atom is 0.347 e. The van der Waals surface area contributed by atoms with Gasteiger partial charge in [-0.2, -0.15) is 0 Å². The maximum absolute atomic E-state index is 11.5. The van der Waals surface area contributed by atoms with Crippen LogP contribution in [-0.4, -0.2) is 36.1 Å². The van der Waals surface area contributed by atoms with Crippen molar-refractivity contribution in [2.75, 3.05) is 19.8 Å². The number of carbonyl (C=O) groups is 1. The van der Waals surface area contributed by atoms with Gasteiger partial charge in [-0.25, -0.2) is 4.79 Å². The first-order chi connectivity index (χ1) is 15.0. The summed E-state index contributed by atoms with van der Waals surface area (Å²) < 4.78 is 12.6. The summed E-state index contributed by atoms with van der Waals surface area (Å²) in [6, 6.07) is 20.3. The summed E-state index contributed by atoms with van der Waals surface area (Å²) >= 11 is 0. The van der Waals surface area contributed by atoms with E-state index in [-0.39, 0.29) is 6.61 Å². The van der Waals surface area contributed by atoms with Gasteiger partial charge in [-0.15, -0.1) is 0 Å². The van der Waals surface area contributed by atoms with Gasteiger partial charge in [0.25, 0.3) is 0 Å². The molecule has 0 amide bonds. The molecule has 0 saturated carbocycles. The minimum absolute atomic E-state index is 0.213. The average Bonchev–Trinajstić information content (AvgIpc) is 3.12. The van der Waals surface area contributed by atoms with Gasteiger partial charge in [-0.1, -0.05) is 35.5 Å². The van der Waals surface area contributed by atoms with Crippen molar-refractivity contribution in [2.45, 2.75) is 27.7 Å². The van der Waals surface area contributed by atoms with E-state index >= 15 is 0 Å². The quantitative estimate of drug-likeness (QED) is 0.273. The Morgan fingerprint density at radius 1 is 1.00 bits per heavy atom. The van der Waals surface area contributed by atoms with Crippen LogP contribution in [0, 0.1) is 6.92 Å². The normalized spacial score (nSPS) is 11.3. The molecule has 1 heterocycles. The molecule has 0 aliphatic heterocycles. The SMILES string of the molecule is CCOC(=O)CO/N=C(\C)c1cc(-c2ccccc2)n(-c2ccc(OCC)cc2)c1C. The summed E-state index contributed by atoms with van der Waals surface area (Å²) in [4.78, 5) is 16.7. The molecular weight excluding hydrogens is 392 g/mol. The standard InChI is InChI=1S/C25H28N2O4/c1-5-29-22-14-12-21(13-15-22)27-19(4)23(16-24(27)20-10-8-7-9-11-20)18(3)26-31-17-25(28)30-6-2/h7-16H,5-6,17H2,1-4H3/b26-18+. The zero-order chi connectivity index (χ0) is 22.2. The van der Waals surface area contributed by atoms with Crippen molar-refractivity contribution < 1.29 is 19.1 Å². The zero-order valence-corrected chi connectivity index (χ0v) is 18.4. The summed E-state index contributed by atoms with van der Waals surface area (Å²) in [6.45, 7) is 8.36. The number of rotatable bonds is 9.